The lowest BCUT2D eigenvalue weighted by molar-refractivity contribution is 0.332. The zero-order valence-electron chi connectivity index (χ0n) is 42.8. The minimum atomic E-state index is -0.190. The highest BCUT2D eigenvalue weighted by molar-refractivity contribution is 7.25. The minimum Gasteiger partial charge on any atom is -0.456 e. The summed E-state index contributed by atoms with van der Waals surface area (Å²) < 4.78 is 14.7. The largest absolute Gasteiger partial charge is 0.456 e. The van der Waals surface area contributed by atoms with Gasteiger partial charge in [-0.1, -0.05) is 139 Å². The molecule has 0 N–H and O–H groups in total. The Bertz CT molecular complexity index is 4580. The van der Waals surface area contributed by atoms with Gasteiger partial charge in [0.1, 0.15) is 17.0 Å². The smallest absolute Gasteiger partial charge is 0.333 e. The van der Waals surface area contributed by atoms with Crippen LogP contribution in [0.2, 0.25) is 0 Å². The second kappa shape index (κ2) is 14.5. The molecule has 16 rings (SSSR count). The molecule has 5 nitrogen and oxygen atoms in total. The van der Waals surface area contributed by atoms with E-state index in [1.165, 1.54) is 97.5 Å². The van der Waals surface area contributed by atoms with E-state index in [0.717, 1.165) is 63.2 Å². The van der Waals surface area contributed by atoms with Gasteiger partial charge < -0.3 is 13.8 Å². The molecule has 0 amide bonds. The van der Waals surface area contributed by atoms with Crippen molar-refractivity contribution in [2.75, 3.05) is 4.81 Å². The molecule has 0 radical (unpaired) electrons. The predicted octanol–water partition coefficient (Wildman–Crippen LogP) is 16.9. The lowest BCUT2D eigenvalue weighted by Gasteiger charge is -2.42. The van der Waals surface area contributed by atoms with Gasteiger partial charge in [-0.2, -0.15) is 0 Å². The molecule has 0 atom stereocenters. The fraction of sp³-hybridized carbons (Fsp3) is 0.179. The highest BCUT2D eigenvalue weighted by atomic mass is 32.1. The molecule has 0 spiro atoms. The molecule has 13 aromatic rings. The van der Waals surface area contributed by atoms with Gasteiger partial charge >= 0.3 is 6.85 Å². The number of benzene rings is 9. The number of anilines is 2. The summed E-state index contributed by atoms with van der Waals surface area (Å²) in [6, 6.07) is 64.1. The monoisotopic (exact) mass is 972 g/mol. The van der Waals surface area contributed by atoms with Gasteiger partial charge in [0.05, 0.1) is 22.1 Å². The van der Waals surface area contributed by atoms with E-state index in [9.17, 15) is 0 Å². The number of imidazole rings is 1. The fourth-order valence-corrected chi connectivity index (χ4v) is 14.7. The molecular formula is C67H53BN4OS. The lowest BCUT2D eigenvalue weighted by Crippen LogP contribution is -2.60. The second-order valence-electron chi connectivity index (χ2n) is 23.8. The van der Waals surface area contributed by atoms with Crippen molar-refractivity contribution in [2.45, 2.75) is 77.6 Å². The Hall–Kier alpha value is -7.87. The van der Waals surface area contributed by atoms with Crippen molar-refractivity contribution in [2.24, 2.45) is 0 Å². The summed E-state index contributed by atoms with van der Waals surface area (Å²) in [5.74, 6) is 0.924. The number of furan rings is 1. The van der Waals surface area contributed by atoms with Crippen molar-refractivity contribution >= 4 is 115 Å². The van der Waals surface area contributed by atoms with E-state index in [1.54, 1.807) is 0 Å². The van der Waals surface area contributed by atoms with E-state index in [4.69, 9.17) is 9.40 Å². The van der Waals surface area contributed by atoms with Crippen LogP contribution in [0.1, 0.15) is 78.0 Å². The van der Waals surface area contributed by atoms with Gasteiger partial charge in [0.15, 0.2) is 0 Å². The fourth-order valence-electron chi connectivity index (χ4n) is 13.5. The van der Waals surface area contributed by atoms with Crippen LogP contribution in [-0.2, 0) is 16.2 Å². The van der Waals surface area contributed by atoms with Crippen LogP contribution in [0.3, 0.4) is 0 Å². The topological polar surface area (TPSA) is 39.1 Å². The summed E-state index contributed by atoms with van der Waals surface area (Å²) in [4.78, 5) is 8.29. The first kappa shape index (κ1) is 42.6. The second-order valence-corrected chi connectivity index (χ2v) is 24.9. The summed E-state index contributed by atoms with van der Waals surface area (Å²) in [6.45, 7) is 16.4. The quantitative estimate of drug-likeness (QED) is 0.166. The molecule has 4 aromatic heterocycles. The Labute approximate surface area is 434 Å². The zero-order chi connectivity index (χ0) is 49.7. The number of rotatable bonds is 3. The molecule has 0 unspecified atom stereocenters. The number of fused-ring (bicyclic) bond motifs is 16. The number of thiophene rings is 1. The predicted molar refractivity (Wildman–Crippen MR) is 314 cm³/mol. The standard InChI is InChI=1S/C67H53BN4OS/c1-65(2,3)39-22-24-41(25-23-39)72-55-31-48-47-30-50-51(67(6,7)29-28-66(50,4)5)35-59(47)73-58(48)33-45(55)43-26-27-44-46-34-61-49(42-20-14-15-21-60(42)74-61)32-54(46)71-56-37-57-53(36-52(56)68(72)62(43)63(44)71)69-64(38-16-10-8-11-17-38)70(57)40-18-12-9-13-19-40/h8-27,30-37H,28-29H2,1-7H3. The molecule has 356 valence electrons. The van der Waals surface area contributed by atoms with Crippen LogP contribution in [0, 0.1) is 0 Å². The summed E-state index contributed by atoms with van der Waals surface area (Å²) in [5, 5.41) is 7.48. The normalized spacial score (nSPS) is 15.6. The first-order valence-corrected chi connectivity index (χ1v) is 27.2. The minimum absolute atomic E-state index is 0.00242. The molecule has 9 aromatic carbocycles. The summed E-state index contributed by atoms with van der Waals surface area (Å²) in [5.41, 5.74) is 21.3. The van der Waals surface area contributed by atoms with Crippen molar-refractivity contribution < 1.29 is 4.42 Å². The average Bonchev–Trinajstić information content (AvgIpc) is 4.29. The van der Waals surface area contributed by atoms with Gasteiger partial charge in [-0.25, -0.2) is 4.98 Å². The van der Waals surface area contributed by atoms with Gasteiger partial charge in [0, 0.05) is 75.6 Å². The molecule has 0 bridgehead atoms. The third-order valence-electron chi connectivity index (χ3n) is 17.5. The van der Waals surface area contributed by atoms with Gasteiger partial charge in [0.2, 0.25) is 0 Å². The van der Waals surface area contributed by atoms with E-state index in [0.29, 0.717) is 0 Å². The van der Waals surface area contributed by atoms with E-state index in [2.05, 4.69) is 232 Å². The van der Waals surface area contributed by atoms with Gasteiger partial charge in [-0.15, -0.1) is 11.3 Å². The molecular weight excluding hydrogens is 920 g/mol. The summed E-state index contributed by atoms with van der Waals surface area (Å²) in [7, 11) is 0. The molecule has 6 heterocycles. The third kappa shape index (κ3) is 5.73. The molecule has 7 heteroatoms. The molecule has 0 saturated carbocycles. The number of nitrogens with zero attached hydrogens (tertiary/aromatic N) is 4. The zero-order valence-corrected chi connectivity index (χ0v) is 43.6. The van der Waals surface area contributed by atoms with Crippen LogP contribution in [0.5, 0.6) is 0 Å². The van der Waals surface area contributed by atoms with E-state index in [-0.39, 0.29) is 23.1 Å². The number of hydrogen-bond donors (Lipinski definition) is 0. The maximum absolute atomic E-state index is 7.08. The highest BCUT2D eigenvalue weighted by Crippen LogP contribution is 2.52. The maximum atomic E-state index is 7.08. The van der Waals surface area contributed by atoms with Crippen molar-refractivity contribution in [3.63, 3.8) is 0 Å². The Morgan fingerprint density at radius 1 is 0.541 bits per heavy atom. The maximum Gasteiger partial charge on any atom is 0.333 e. The van der Waals surface area contributed by atoms with Gasteiger partial charge in [-0.05, 0) is 141 Å². The third-order valence-corrected chi connectivity index (χ3v) is 18.6. The lowest BCUT2D eigenvalue weighted by atomic mass is 9.44. The van der Waals surface area contributed by atoms with Gasteiger partial charge in [0.25, 0.3) is 0 Å². The molecule has 0 saturated heterocycles. The molecule has 74 heavy (non-hydrogen) atoms. The van der Waals surface area contributed by atoms with Crippen molar-refractivity contribution in [3.8, 4) is 33.9 Å². The van der Waals surface area contributed by atoms with Crippen LogP contribution in [0.4, 0.5) is 11.4 Å². The summed E-state index contributed by atoms with van der Waals surface area (Å²) in [6.07, 6.45) is 2.31. The number of hydrogen-bond acceptors (Lipinski definition) is 4. The first-order valence-electron chi connectivity index (χ1n) is 26.3. The van der Waals surface area contributed by atoms with Crippen molar-refractivity contribution in [1.29, 1.82) is 0 Å². The Balaban J connectivity index is 1.06. The van der Waals surface area contributed by atoms with Crippen molar-refractivity contribution in [1.82, 2.24) is 14.1 Å². The molecule has 1 aliphatic carbocycles. The SMILES string of the molecule is CC(C)(C)c1ccc(N2B3c4cc5nc(-c6ccccc6)n(-c6ccccc6)c5cc4-n4c5cc6c(cc5c5ccc(c3c54)-c3cc4oc5cc7c(cc5c4cc32)C(C)(C)CCC7(C)C)sc2ccccc26)cc1. The van der Waals surface area contributed by atoms with Crippen LogP contribution in [-0.4, -0.2) is 21.0 Å². The Kier molecular flexibility index (Phi) is 8.33. The molecule has 2 aliphatic heterocycles. The number of aromatic nitrogens is 3. The Morgan fingerprint density at radius 2 is 1.24 bits per heavy atom. The highest BCUT2D eigenvalue weighted by Gasteiger charge is 2.45. The van der Waals surface area contributed by atoms with E-state index < -0.39 is 0 Å². The van der Waals surface area contributed by atoms with E-state index in [1.807, 2.05) is 11.3 Å². The van der Waals surface area contributed by atoms with Crippen LogP contribution in [0.25, 0.3) is 109 Å². The molecule has 0 fully saturated rings. The number of para-hydroxylation sites is 1. The average molecular weight is 973 g/mol. The van der Waals surface area contributed by atoms with Crippen molar-refractivity contribution in [3.05, 3.63) is 187 Å². The Morgan fingerprint density at radius 3 is 2.01 bits per heavy atom. The van der Waals surface area contributed by atoms with Gasteiger partial charge in [-0.3, -0.25) is 4.57 Å². The van der Waals surface area contributed by atoms with E-state index >= 15 is 0 Å². The van der Waals surface area contributed by atoms with Crippen LogP contribution < -0.4 is 15.7 Å². The van der Waals surface area contributed by atoms with Crippen LogP contribution in [0.15, 0.2) is 174 Å². The van der Waals surface area contributed by atoms with Crippen LogP contribution >= 0.6 is 11.3 Å². The summed E-state index contributed by atoms with van der Waals surface area (Å²) >= 11 is 1.89. The first-order chi connectivity index (χ1) is 35.8. The molecule has 3 aliphatic rings.